The van der Waals surface area contributed by atoms with Crippen molar-refractivity contribution in [3.8, 4) is 5.75 Å². The van der Waals surface area contributed by atoms with Crippen molar-refractivity contribution in [3.63, 3.8) is 0 Å². The summed E-state index contributed by atoms with van der Waals surface area (Å²) in [6, 6.07) is 5.16. The van der Waals surface area contributed by atoms with E-state index < -0.39 is 0 Å². The number of carbonyl (C=O) groups is 1. The molecule has 0 fully saturated rings. The molecule has 1 amide bonds. The van der Waals surface area contributed by atoms with Gasteiger partial charge < -0.3 is 10.1 Å². The number of hydrogen-bond acceptors (Lipinski definition) is 3. The molecule has 6 nitrogen and oxygen atoms in total. The molecule has 0 radical (unpaired) electrons. The quantitative estimate of drug-likeness (QED) is 0.360. The molecule has 19 heavy (non-hydrogen) atoms. The van der Waals surface area contributed by atoms with Gasteiger partial charge in [0.05, 0.1) is 11.6 Å². The molecule has 0 bridgehead atoms. The molecule has 1 rings (SSSR count). The van der Waals surface area contributed by atoms with E-state index in [2.05, 4.69) is 31.3 Å². The maximum atomic E-state index is 11.8. The molecular formula is C12H15BrN4O2. The second-order valence-electron chi connectivity index (χ2n) is 3.77. The molecule has 0 aliphatic heterocycles. The van der Waals surface area contributed by atoms with Crippen LogP contribution in [0.3, 0.4) is 0 Å². The Morgan fingerprint density at radius 3 is 2.95 bits per heavy atom. The second-order valence-corrected chi connectivity index (χ2v) is 4.62. The molecule has 0 spiro atoms. The fourth-order valence-electron chi connectivity index (χ4n) is 1.46. The van der Waals surface area contributed by atoms with Crippen LogP contribution < -0.4 is 10.1 Å². The van der Waals surface area contributed by atoms with Crippen LogP contribution >= 0.6 is 15.9 Å². The lowest BCUT2D eigenvalue weighted by Crippen LogP contribution is -2.24. The third kappa shape index (κ3) is 5.19. The van der Waals surface area contributed by atoms with E-state index in [1.807, 2.05) is 0 Å². The number of methoxy groups -OCH3 is 1. The first-order valence-corrected chi connectivity index (χ1v) is 6.61. The predicted octanol–water partition coefficient (Wildman–Crippen LogP) is 3.28. The molecule has 0 aromatic heterocycles. The van der Waals surface area contributed by atoms with Crippen molar-refractivity contribution in [3.05, 3.63) is 38.7 Å². The summed E-state index contributed by atoms with van der Waals surface area (Å²) in [5, 5.41) is 6.23. The number of carbonyl (C=O) groups excluding carboxylic acids is 1. The van der Waals surface area contributed by atoms with E-state index in [4.69, 9.17) is 10.3 Å². The number of azide groups is 1. The number of ether oxygens (including phenoxy) is 1. The average Bonchev–Trinajstić information content (AvgIpc) is 2.42. The van der Waals surface area contributed by atoms with Gasteiger partial charge in [-0.1, -0.05) is 5.11 Å². The van der Waals surface area contributed by atoms with Gasteiger partial charge in [-0.05, 0) is 52.5 Å². The first-order chi connectivity index (χ1) is 9.19. The van der Waals surface area contributed by atoms with E-state index in [1.165, 1.54) is 0 Å². The highest BCUT2D eigenvalue weighted by molar-refractivity contribution is 9.10. The highest BCUT2D eigenvalue weighted by Crippen LogP contribution is 2.25. The summed E-state index contributed by atoms with van der Waals surface area (Å²) in [4.78, 5) is 14.5. The minimum absolute atomic E-state index is 0.132. The number of halogens is 1. The van der Waals surface area contributed by atoms with Crippen molar-refractivity contribution in [2.75, 3.05) is 20.2 Å². The minimum atomic E-state index is -0.132. The van der Waals surface area contributed by atoms with Crippen LogP contribution in [-0.2, 0) is 0 Å². The van der Waals surface area contributed by atoms with Crippen LogP contribution in [0.15, 0.2) is 27.8 Å². The van der Waals surface area contributed by atoms with Gasteiger partial charge in [0, 0.05) is 23.6 Å². The standard InChI is InChI=1S/C12H15BrN4O2/c1-19-11-5-4-9(8-10(11)13)12(18)15-6-2-3-7-16-17-14/h4-5,8H,2-3,6-7H2,1H3,(H,15,18). The maximum Gasteiger partial charge on any atom is 0.251 e. The second kappa shape index (κ2) is 8.39. The third-order valence-corrected chi connectivity index (χ3v) is 3.07. The lowest BCUT2D eigenvalue weighted by Gasteiger charge is -2.07. The van der Waals surface area contributed by atoms with Gasteiger partial charge in [0.25, 0.3) is 5.91 Å². The fraction of sp³-hybridized carbons (Fsp3) is 0.417. The van der Waals surface area contributed by atoms with E-state index in [1.54, 1.807) is 25.3 Å². The molecular weight excluding hydrogens is 312 g/mol. The first kappa shape index (κ1) is 15.3. The molecule has 0 saturated carbocycles. The average molecular weight is 327 g/mol. The van der Waals surface area contributed by atoms with Gasteiger partial charge in [0.2, 0.25) is 0 Å². The zero-order valence-electron chi connectivity index (χ0n) is 10.6. The molecule has 1 N–H and O–H groups in total. The summed E-state index contributed by atoms with van der Waals surface area (Å²) in [5.74, 6) is 0.554. The van der Waals surface area contributed by atoms with Crippen LogP contribution in [0.5, 0.6) is 5.75 Å². The molecule has 0 heterocycles. The summed E-state index contributed by atoms with van der Waals surface area (Å²) in [6.45, 7) is 1.02. The molecule has 1 aromatic carbocycles. The van der Waals surface area contributed by atoms with E-state index in [9.17, 15) is 4.79 Å². The van der Waals surface area contributed by atoms with Gasteiger partial charge in [0.1, 0.15) is 5.75 Å². The van der Waals surface area contributed by atoms with Crippen molar-refractivity contribution in [2.24, 2.45) is 5.11 Å². The summed E-state index contributed by atoms with van der Waals surface area (Å²) in [6.07, 6.45) is 1.54. The monoisotopic (exact) mass is 326 g/mol. The molecule has 102 valence electrons. The smallest absolute Gasteiger partial charge is 0.251 e. The number of nitrogens with one attached hydrogen (secondary N) is 1. The van der Waals surface area contributed by atoms with Gasteiger partial charge >= 0.3 is 0 Å². The van der Waals surface area contributed by atoms with E-state index in [-0.39, 0.29) is 5.91 Å². The molecule has 0 atom stereocenters. The Morgan fingerprint density at radius 2 is 2.32 bits per heavy atom. The summed E-state index contributed by atoms with van der Waals surface area (Å²) >= 11 is 3.33. The number of amides is 1. The SMILES string of the molecule is COc1ccc(C(=O)NCCCCN=[N+]=[N-])cc1Br. The maximum absolute atomic E-state index is 11.8. The van der Waals surface area contributed by atoms with Crippen LogP contribution in [0, 0.1) is 0 Å². The highest BCUT2D eigenvalue weighted by atomic mass is 79.9. The van der Waals surface area contributed by atoms with Gasteiger partial charge in [-0.3, -0.25) is 4.79 Å². The predicted molar refractivity (Wildman–Crippen MR) is 76.3 cm³/mol. The lowest BCUT2D eigenvalue weighted by molar-refractivity contribution is 0.0953. The molecule has 0 unspecified atom stereocenters. The minimum Gasteiger partial charge on any atom is -0.496 e. The Bertz CT molecular complexity index is 487. The number of rotatable bonds is 7. The summed E-state index contributed by atoms with van der Waals surface area (Å²) in [7, 11) is 1.57. The van der Waals surface area contributed by atoms with Crippen LogP contribution in [0.25, 0.3) is 10.4 Å². The van der Waals surface area contributed by atoms with Crippen LogP contribution in [0.2, 0.25) is 0 Å². The molecule has 1 aromatic rings. The van der Waals surface area contributed by atoms with Crippen molar-refractivity contribution in [2.45, 2.75) is 12.8 Å². The van der Waals surface area contributed by atoms with Gasteiger partial charge in [0.15, 0.2) is 0 Å². The first-order valence-electron chi connectivity index (χ1n) is 5.81. The zero-order valence-corrected chi connectivity index (χ0v) is 12.2. The van der Waals surface area contributed by atoms with Crippen LogP contribution in [-0.4, -0.2) is 26.1 Å². The van der Waals surface area contributed by atoms with Gasteiger partial charge in [-0.15, -0.1) is 0 Å². The zero-order chi connectivity index (χ0) is 14.1. The number of hydrogen-bond donors (Lipinski definition) is 1. The van der Waals surface area contributed by atoms with Crippen LogP contribution in [0.4, 0.5) is 0 Å². The topological polar surface area (TPSA) is 87.1 Å². The molecule has 0 aliphatic carbocycles. The molecule has 0 aliphatic rings. The van der Waals surface area contributed by atoms with Crippen molar-refractivity contribution < 1.29 is 9.53 Å². The van der Waals surface area contributed by atoms with Crippen molar-refractivity contribution in [1.82, 2.24) is 5.32 Å². The van der Waals surface area contributed by atoms with Gasteiger partial charge in [-0.25, -0.2) is 0 Å². The number of nitrogens with zero attached hydrogens (tertiary/aromatic N) is 3. The molecule has 7 heteroatoms. The van der Waals surface area contributed by atoms with Gasteiger partial charge in [-0.2, -0.15) is 0 Å². The summed E-state index contributed by atoms with van der Waals surface area (Å²) in [5.41, 5.74) is 8.67. The lowest BCUT2D eigenvalue weighted by atomic mass is 10.2. The largest absolute Gasteiger partial charge is 0.496 e. The Morgan fingerprint density at radius 1 is 1.53 bits per heavy atom. The van der Waals surface area contributed by atoms with E-state index >= 15 is 0 Å². The normalized spacial score (nSPS) is 9.58. The third-order valence-electron chi connectivity index (χ3n) is 2.45. The number of benzene rings is 1. The fourth-order valence-corrected chi connectivity index (χ4v) is 2.00. The highest BCUT2D eigenvalue weighted by Gasteiger charge is 2.07. The van der Waals surface area contributed by atoms with Crippen LogP contribution in [0.1, 0.15) is 23.2 Å². The molecule has 0 saturated heterocycles. The van der Waals surface area contributed by atoms with E-state index in [0.29, 0.717) is 24.4 Å². The Balaban J connectivity index is 2.41. The Labute approximate surface area is 119 Å². The van der Waals surface area contributed by atoms with Crippen molar-refractivity contribution >= 4 is 21.8 Å². The number of unbranched alkanes of at least 4 members (excludes halogenated alkanes) is 1. The summed E-state index contributed by atoms with van der Waals surface area (Å²) < 4.78 is 5.84. The Hall–Kier alpha value is -1.72. The Kier molecular flexibility index (Phi) is 6.78. The van der Waals surface area contributed by atoms with E-state index in [0.717, 1.165) is 17.3 Å². The van der Waals surface area contributed by atoms with Crippen molar-refractivity contribution in [1.29, 1.82) is 0 Å².